The number of carbonyl (C=O) groups is 1. The van der Waals surface area contributed by atoms with Crippen LogP contribution in [0.1, 0.15) is 58.2 Å². The van der Waals surface area contributed by atoms with Gasteiger partial charge in [-0.05, 0) is 44.2 Å². The van der Waals surface area contributed by atoms with Crippen LogP contribution in [-0.2, 0) is 11.3 Å². The number of ether oxygens (including phenoxy) is 1. The smallest absolute Gasteiger partial charge is 0.410 e. The molecule has 5 nitrogen and oxygen atoms in total. The molecule has 0 aromatic heterocycles. The fraction of sp³-hybridized carbons (Fsp3) is 0.667. The number of hydrogen-bond acceptors (Lipinski definition) is 4. The second-order valence-corrected chi connectivity index (χ2v) is 8.59. The largest absolute Gasteiger partial charge is 0.444 e. The van der Waals surface area contributed by atoms with Crippen molar-refractivity contribution in [1.82, 2.24) is 9.80 Å². The van der Waals surface area contributed by atoms with E-state index in [4.69, 9.17) is 10.5 Å². The van der Waals surface area contributed by atoms with Gasteiger partial charge in [-0.2, -0.15) is 0 Å². The summed E-state index contributed by atoms with van der Waals surface area (Å²) in [6.07, 6.45) is 0.902. The van der Waals surface area contributed by atoms with E-state index in [1.165, 1.54) is 5.56 Å². The molecule has 1 aliphatic rings. The van der Waals surface area contributed by atoms with Gasteiger partial charge in [0.1, 0.15) is 5.60 Å². The Morgan fingerprint density at radius 1 is 1.12 bits per heavy atom. The van der Waals surface area contributed by atoms with E-state index >= 15 is 0 Å². The van der Waals surface area contributed by atoms with Gasteiger partial charge in [0, 0.05) is 38.8 Å². The Morgan fingerprint density at radius 3 is 2.15 bits per heavy atom. The lowest BCUT2D eigenvalue weighted by molar-refractivity contribution is 0.00904. The molecule has 1 unspecified atom stereocenters. The first-order chi connectivity index (χ1) is 12.2. The average Bonchev–Trinajstić information content (AvgIpc) is 2.58. The lowest BCUT2D eigenvalue weighted by Crippen LogP contribution is -2.51. The Hall–Kier alpha value is -1.59. The van der Waals surface area contributed by atoms with E-state index in [1.807, 2.05) is 25.7 Å². The molecule has 1 atom stereocenters. The Kier molecular flexibility index (Phi) is 7.07. The fourth-order valence-corrected chi connectivity index (χ4v) is 3.36. The molecule has 2 N–H and O–H groups in total. The minimum atomic E-state index is -0.445. The Morgan fingerprint density at radius 2 is 1.69 bits per heavy atom. The van der Waals surface area contributed by atoms with Gasteiger partial charge in [0.05, 0.1) is 0 Å². The Bertz CT molecular complexity index is 570. The number of carbonyl (C=O) groups excluding carboxylic acids is 1. The molecule has 5 heteroatoms. The summed E-state index contributed by atoms with van der Waals surface area (Å²) in [4.78, 5) is 16.6. The maximum Gasteiger partial charge on any atom is 0.410 e. The molecule has 146 valence electrons. The molecule has 1 fully saturated rings. The van der Waals surface area contributed by atoms with Crippen LogP contribution < -0.4 is 5.73 Å². The van der Waals surface area contributed by atoms with Crippen molar-refractivity contribution in [1.29, 1.82) is 0 Å². The minimum Gasteiger partial charge on any atom is -0.444 e. The topological polar surface area (TPSA) is 58.8 Å². The highest BCUT2D eigenvalue weighted by Crippen LogP contribution is 2.29. The molecule has 0 radical (unpaired) electrons. The van der Waals surface area contributed by atoms with E-state index in [9.17, 15) is 4.79 Å². The average molecular weight is 362 g/mol. The highest BCUT2D eigenvalue weighted by atomic mass is 16.6. The lowest BCUT2D eigenvalue weighted by atomic mass is 9.94. The summed E-state index contributed by atoms with van der Waals surface area (Å²) in [6, 6.07) is 9.03. The van der Waals surface area contributed by atoms with E-state index < -0.39 is 5.60 Å². The first kappa shape index (κ1) is 20.7. The summed E-state index contributed by atoms with van der Waals surface area (Å²) in [6.45, 7) is 14.0. The fourth-order valence-electron chi connectivity index (χ4n) is 3.36. The predicted octanol–water partition coefficient (Wildman–Crippen LogP) is 3.79. The maximum atomic E-state index is 12.3. The zero-order valence-electron chi connectivity index (χ0n) is 17.0. The van der Waals surface area contributed by atoms with Crippen molar-refractivity contribution < 1.29 is 9.53 Å². The van der Waals surface area contributed by atoms with Gasteiger partial charge in [-0.25, -0.2) is 4.79 Å². The van der Waals surface area contributed by atoms with Crippen molar-refractivity contribution in [3.8, 4) is 0 Å². The van der Waals surface area contributed by atoms with Crippen molar-refractivity contribution in [2.75, 3.05) is 26.2 Å². The van der Waals surface area contributed by atoms with Crippen molar-refractivity contribution in [3.05, 3.63) is 35.4 Å². The predicted molar refractivity (Wildman–Crippen MR) is 106 cm³/mol. The molecule has 0 bridgehead atoms. The van der Waals surface area contributed by atoms with Crippen LogP contribution in [0, 0.1) is 5.92 Å². The normalized spacial score (nSPS) is 17.4. The van der Waals surface area contributed by atoms with Crippen molar-refractivity contribution >= 4 is 6.09 Å². The first-order valence-electron chi connectivity index (χ1n) is 9.70. The van der Waals surface area contributed by atoms with Crippen LogP contribution >= 0.6 is 0 Å². The van der Waals surface area contributed by atoms with Gasteiger partial charge in [-0.1, -0.05) is 38.1 Å². The molecule has 1 aromatic carbocycles. The summed E-state index contributed by atoms with van der Waals surface area (Å²) in [5.74, 6) is 0.609. The van der Waals surface area contributed by atoms with Crippen LogP contribution in [0.5, 0.6) is 0 Å². The third-order valence-electron chi connectivity index (χ3n) is 4.70. The van der Waals surface area contributed by atoms with Crippen LogP contribution in [0.15, 0.2) is 24.3 Å². The molecule has 1 amide bonds. The van der Waals surface area contributed by atoms with Crippen molar-refractivity contribution in [2.24, 2.45) is 11.7 Å². The van der Waals surface area contributed by atoms with Crippen LogP contribution in [0.3, 0.4) is 0 Å². The zero-order chi connectivity index (χ0) is 19.3. The Labute approximate surface area is 158 Å². The second-order valence-electron chi connectivity index (χ2n) is 8.59. The van der Waals surface area contributed by atoms with Crippen molar-refractivity contribution in [3.63, 3.8) is 0 Å². The molecule has 2 rings (SSSR count). The number of piperazine rings is 1. The molecular formula is C21H35N3O2. The number of benzene rings is 1. The van der Waals surface area contributed by atoms with Crippen LogP contribution in [-0.4, -0.2) is 47.7 Å². The third-order valence-corrected chi connectivity index (χ3v) is 4.70. The van der Waals surface area contributed by atoms with Gasteiger partial charge >= 0.3 is 6.09 Å². The number of rotatable bonds is 5. The molecule has 1 saturated heterocycles. The minimum absolute atomic E-state index is 0.204. The third kappa shape index (κ3) is 5.99. The van der Waals surface area contributed by atoms with Gasteiger partial charge in [-0.15, -0.1) is 0 Å². The number of hydrogen-bond donors (Lipinski definition) is 1. The molecule has 0 saturated carbocycles. The number of nitrogens with zero attached hydrogens (tertiary/aromatic N) is 2. The zero-order valence-corrected chi connectivity index (χ0v) is 17.0. The van der Waals surface area contributed by atoms with E-state index in [2.05, 4.69) is 43.0 Å². The first-order valence-corrected chi connectivity index (χ1v) is 9.70. The standard InChI is InChI=1S/C21H35N3O2/c1-16(2)14-19(18-8-6-17(15-22)7-9-18)23-10-12-24(13-11-23)20(25)26-21(3,4)5/h6-9,16,19H,10-15,22H2,1-5H3. The van der Waals surface area contributed by atoms with Gasteiger partial charge in [0.2, 0.25) is 0 Å². The highest BCUT2D eigenvalue weighted by molar-refractivity contribution is 5.68. The summed E-state index contributed by atoms with van der Waals surface area (Å²) in [7, 11) is 0. The van der Waals surface area contributed by atoms with E-state index in [1.54, 1.807) is 0 Å². The molecule has 0 spiro atoms. The molecular weight excluding hydrogens is 326 g/mol. The van der Waals surface area contributed by atoms with Crippen LogP contribution in [0.2, 0.25) is 0 Å². The van der Waals surface area contributed by atoms with Gasteiger partial charge in [0.15, 0.2) is 0 Å². The summed E-state index contributed by atoms with van der Waals surface area (Å²) in [5.41, 5.74) is 7.78. The lowest BCUT2D eigenvalue weighted by Gasteiger charge is -2.40. The Balaban J connectivity index is 2.03. The molecule has 1 aromatic rings. The summed E-state index contributed by atoms with van der Waals surface area (Å²) in [5, 5.41) is 0. The molecule has 1 heterocycles. The second kappa shape index (κ2) is 8.87. The van der Waals surface area contributed by atoms with Gasteiger partial charge in [0.25, 0.3) is 0 Å². The van der Waals surface area contributed by atoms with Crippen LogP contribution in [0.4, 0.5) is 4.79 Å². The van der Waals surface area contributed by atoms with E-state index in [0.717, 1.165) is 25.1 Å². The summed E-state index contributed by atoms with van der Waals surface area (Å²) < 4.78 is 5.50. The van der Waals surface area contributed by atoms with Crippen molar-refractivity contribution in [2.45, 2.75) is 59.2 Å². The van der Waals surface area contributed by atoms with E-state index in [0.29, 0.717) is 31.6 Å². The van der Waals surface area contributed by atoms with E-state index in [-0.39, 0.29) is 6.09 Å². The number of nitrogens with two attached hydrogens (primary N) is 1. The SMILES string of the molecule is CC(C)CC(c1ccc(CN)cc1)N1CCN(C(=O)OC(C)(C)C)CC1. The monoisotopic (exact) mass is 361 g/mol. The quantitative estimate of drug-likeness (QED) is 0.867. The number of amides is 1. The van der Waals surface area contributed by atoms with Crippen LogP contribution in [0.25, 0.3) is 0 Å². The summed E-state index contributed by atoms with van der Waals surface area (Å²) >= 11 is 0. The molecule has 1 aliphatic heterocycles. The molecule has 26 heavy (non-hydrogen) atoms. The molecule has 0 aliphatic carbocycles. The van der Waals surface area contributed by atoms with Gasteiger partial charge in [-0.3, -0.25) is 4.90 Å². The maximum absolute atomic E-state index is 12.3. The highest BCUT2D eigenvalue weighted by Gasteiger charge is 2.29. The van der Waals surface area contributed by atoms with Gasteiger partial charge < -0.3 is 15.4 Å².